The van der Waals surface area contributed by atoms with Crippen molar-refractivity contribution in [3.05, 3.63) is 47.3 Å². The summed E-state index contributed by atoms with van der Waals surface area (Å²) in [6.07, 6.45) is 15.3. The second-order valence-corrected chi connectivity index (χ2v) is 11.0. The van der Waals surface area contributed by atoms with Crippen LogP contribution >= 0.6 is 0 Å². The fraction of sp³-hybridized carbons (Fsp3) is 0.704. The van der Waals surface area contributed by atoms with Gasteiger partial charge in [-0.3, -0.25) is 0 Å². The Morgan fingerprint density at radius 2 is 2.00 bits per heavy atom. The lowest BCUT2D eigenvalue weighted by molar-refractivity contribution is -0.278. The molecule has 0 aromatic carbocycles. The molecule has 5 aliphatic rings. The molecule has 4 heteroatoms. The fourth-order valence-electron chi connectivity index (χ4n) is 6.98. The van der Waals surface area contributed by atoms with E-state index in [-0.39, 0.29) is 6.10 Å². The van der Waals surface area contributed by atoms with Gasteiger partial charge in [0.1, 0.15) is 11.9 Å². The van der Waals surface area contributed by atoms with Crippen molar-refractivity contribution in [2.45, 2.75) is 89.9 Å². The van der Waals surface area contributed by atoms with Crippen LogP contribution in [0.1, 0.15) is 71.6 Å². The highest BCUT2D eigenvalue weighted by molar-refractivity contribution is 5.38. The van der Waals surface area contributed by atoms with Crippen molar-refractivity contribution in [3.8, 4) is 0 Å². The van der Waals surface area contributed by atoms with E-state index < -0.39 is 12.2 Å². The number of rotatable bonds is 4. The molecule has 0 aromatic heterocycles. The molecule has 2 N–H and O–H groups in total. The van der Waals surface area contributed by atoms with E-state index in [0.29, 0.717) is 41.9 Å². The first kappa shape index (κ1) is 21.5. The molecule has 4 nitrogen and oxygen atoms in total. The highest BCUT2D eigenvalue weighted by atomic mass is 17.2. The van der Waals surface area contributed by atoms with E-state index in [2.05, 4.69) is 38.7 Å². The van der Waals surface area contributed by atoms with E-state index in [1.807, 2.05) is 0 Å². The number of hydrogen-bond donors (Lipinski definition) is 2. The fourth-order valence-corrected chi connectivity index (χ4v) is 6.98. The third-order valence-electron chi connectivity index (χ3n) is 9.02. The highest BCUT2D eigenvalue weighted by Crippen LogP contribution is 2.60. The minimum absolute atomic E-state index is 0.0844. The lowest BCUT2D eigenvalue weighted by atomic mass is 9.60. The molecule has 31 heavy (non-hydrogen) atoms. The predicted molar refractivity (Wildman–Crippen MR) is 121 cm³/mol. The van der Waals surface area contributed by atoms with Gasteiger partial charge in [-0.15, -0.1) is 0 Å². The molecule has 4 aliphatic carbocycles. The van der Waals surface area contributed by atoms with E-state index in [9.17, 15) is 10.2 Å². The summed E-state index contributed by atoms with van der Waals surface area (Å²) < 4.78 is 0. The smallest absolute Gasteiger partial charge is 0.144 e. The van der Waals surface area contributed by atoms with Crippen LogP contribution in [0.5, 0.6) is 0 Å². The third-order valence-corrected chi connectivity index (χ3v) is 9.02. The summed E-state index contributed by atoms with van der Waals surface area (Å²) in [4.78, 5) is 11.4. The third kappa shape index (κ3) is 3.96. The largest absolute Gasteiger partial charge is 0.393 e. The number of hydrogen-bond acceptors (Lipinski definition) is 4. The van der Waals surface area contributed by atoms with Crippen LogP contribution in [-0.4, -0.2) is 28.5 Å². The van der Waals surface area contributed by atoms with Gasteiger partial charge in [-0.1, -0.05) is 38.2 Å². The van der Waals surface area contributed by atoms with Gasteiger partial charge in [0.05, 0.1) is 12.2 Å². The average molecular weight is 427 g/mol. The molecule has 0 amide bonds. The summed E-state index contributed by atoms with van der Waals surface area (Å²) in [6.45, 7) is 8.92. The molecule has 170 valence electrons. The monoisotopic (exact) mass is 426 g/mol. The van der Waals surface area contributed by atoms with Crippen LogP contribution in [0.3, 0.4) is 0 Å². The molecule has 4 saturated carbocycles. The molecule has 1 heterocycles. The van der Waals surface area contributed by atoms with Crippen molar-refractivity contribution in [3.63, 3.8) is 0 Å². The summed E-state index contributed by atoms with van der Waals surface area (Å²) in [5, 5.41) is 20.2. The Bertz CT molecular complexity index is 819. The van der Waals surface area contributed by atoms with Gasteiger partial charge in [0.2, 0.25) is 0 Å². The lowest BCUT2D eigenvalue weighted by Gasteiger charge is -2.44. The zero-order valence-corrected chi connectivity index (χ0v) is 19.1. The number of aliphatic hydroxyl groups is 2. The SMILES string of the molecule is C=C1/C(=C\C=C2/CCC[C@@]3(C)[C@@H]2CC[C@@H]3C(C)C2C=C(C3CC3)OO2)C[C@@H](O)C[C@@H]1O. The zero-order chi connectivity index (χ0) is 21.8. The van der Waals surface area contributed by atoms with E-state index in [4.69, 9.17) is 9.78 Å². The van der Waals surface area contributed by atoms with E-state index >= 15 is 0 Å². The Morgan fingerprint density at radius 1 is 1.19 bits per heavy atom. The second-order valence-electron chi connectivity index (χ2n) is 11.0. The second kappa shape index (κ2) is 8.20. The molecule has 2 unspecified atom stereocenters. The molecule has 0 spiro atoms. The van der Waals surface area contributed by atoms with Crippen molar-refractivity contribution in [2.24, 2.45) is 29.1 Å². The Balaban J connectivity index is 1.33. The van der Waals surface area contributed by atoms with Crippen molar-refractivity contribution in [1.82, 2.24) is 0 Å². The first-order valence-corrected chi connectivity index (χ1v) is 12.4. The molecule has 0 aromatic rings. The quantitative estimate of drug-likeness (QED) is 0.592. The molecule has 7 atom stereocenters. The number of aliphatic hydroxyl groups excluding tert-OH is 2. The Hall–Kier alpha value is -1.36. The first-order chi connectivity index (χ1) is 14.9. The molecule has 1 aliphatic heterocycles. The van der Waals surface area contributed by atoms with Crippen molar-refractivity contribution in [2.75, 3.05) is 0 Å². The van der Waals surface area contributed by atoms with E-state index in [1.54, 1.807) is 0 Å². The maximum absolute atomic E-state index is 10.2. The Kier molecular flexibility index (Phi) is 5.69. The van der Waals surface area contributed by atoms with Gasteiger partial charge in [-0.05, 0) is 91.8 Å². The van der Waals surface area contributed by atoms with Crippen molar-refractivity contribution in [1.29, 1.82) is 0 Å². The van der Waals surface area contributed by atoms with Gasteiger partial charge < -0.3 is 15.1 Å². The summed E-state index contributed by atoms with van der Waals surface area (Å²) >= 11 is 0. The Morgan fingerprint density at radius 3 is 2.77 bits per heavy atom. The summed E-state index contributed by atoms with van der Waals surface area (Å²) in [5.41, 5.74) is 3.61. The average Bonchev–Trinajstić information content (AvgIpc) is 3.35. The van der Waals surface area contributed by atoms with Gasteiger partial charge in [0.15, 0.2) is 0 Å². The van der Waals surface area contributed by atoms with Crippen LogP contribution < -0.4 is 0 Å². The van der Waals surface area contributed by atoms with Crippen LogP contribution in [0.4, 0.5) is 0 Å². The van der Waals surface area contributed by atoms with Crippen molar-refractivity contribution < 1.29 is 20.0 Å². The van der Waals surface area contributed by atoms with Gasteiger partial charge in [0, 0.05) is 12.3 Å². The van der Waals surface area contributed by atoms with Gasteiger partial charge in [-0.2, -0.15) is 4.89 Å². The van der Waals surface area contributed by atoms with Crippen LogP contribution in [-0.2, 0) is 9.78 Å². The summed E-state index contributed by atoms with van der Waals surface area (Å²) in [6, 6.07) is 0. The molecule has 5 rings (SSSR count). The number of allylic oxidation sites excluding steroid dienone is 4. The van der Waals surface area contributed by atoms with Gasteiger partial charge >= 0.3 is 0 Å². The normalized spacial score (nSPS) is 44.3. The zero-order valence-electron chi connectivity index (χ0n) is 19.1. The lowest BCUT2D eigenvalue weighted by Crippen LogP contribution is -2.39. The standard InChI is InChI=1S/C27H38O4/c1-16-20(13-21(28)14-24(16)29)9-6-18-5-4-12-27(3)22(10-11-23(18)27)17(2)25-15-26(31-30-25)19-7-8-19/h6,9,15,17,19,21-25,28-29H,1,4-5,7-8,10-14H2,2-3H3/b18-6+,20-9-/t17?,21-,22-,23-,24+,25?,27-/m1/s1. The van der Waals surface area contributed by atoms with Gasteiger partial charge in [0.25, 0.3) is 0 Å². The number of fused-ring (bicyclic) bond motifs is 1. The van der Waals surface area contributed by atoms with Crippen LogP contribution in [0.25, 0.3) is 0 Å². The molecule has 0 radical (unpaired) electrons. The summed E-state index contributed by atoms with van der Waals surface area (Å²) in [5.74, 6) is 3.36. The molecular formula is C27H38O4. The maximum atomic E-state index is 10.2. The maximum Gasteiger partial charge on any atom is 0.144 e. The highest BCUT2D eigenvalue weighted by Gasteiger charge is 2.52. The van der Waals surface area contributed by atoms with Crippen LogP contribution in [0.15, 0.2) is 47.3 Å². The van der Waals surface area contributed by atoms with Crippen LogP contribution in [0, 0.1) is 29.1 Å². The predicted octanol–water partition coefficient (Wildman–Crippen LogP) is 5.39. The first-order valence-electron chi connectivity index (χ1n) is 12.4. The van der Waals surface area contributed by atoms with Crippen molar-refractivity contribution >= 4 is 0 Å². The molecule has 0 bridgehead atoms. The van der Waals surface area contributed by atoms with Gasteiger partial charge in [-0.25, -0.2) is 0 Å². The molecule has 0 saturated heterocycles. The minimum atomic E-state index is -0.621. The molecular weight excluding hydrogens is 388 g/mol. The molecule has 4 fully saturated rings. The van der Waals surface area contributed by atoms with E-state index in [0.717, 1.165) is 23.3 Å². The minimum Gasteiger partial charge on any atom is -0.393 e. The van der Waals surface area contributed by atoms with E-state index in [1.165, 1.54) is 44.1 Å². The topological polar surface area (TPSA) is 58.9 Å². The summed E-state index contributed by atoms with van der Waals surface area (Å²) in [7, 11) is 0. The van der Waals surface area contributed by atoms with Crippen LogP contribution in [0.2, 0.25) is 0 Å². The Labute approximate surface area is 186 Å².